The topological polar surface area (TPSA) is 61.0 Å². The fourth-order valence-corrected chi connectivity index (χ4v) is 2.51. The summed E-state index contributed by atoms with van der Waals surface area (Å²) < 4.78 is 0. The average molecular weight is 323 g/mol. The van der Waals surface area contributed by atoms with Crippen LogP contribution in [-0.4, -0.2) is 47.7 Å². The van der Waals surface area contributed by atoms with Gasteiger partial charge in [-0.1, -0.05) is 0 Å². The van der Waals surface area contributed by atoms with E-state index in [4.69, 9.17) is 0 Å². The summed E-state index contributed by atoms with van der Waals surface area (Å²) in [5.41, 5.74) is 1.21. The monoisotopic (exact) mass is 322 g/mol. The summed E-state index contributed by atoms with van der Waals surface area (Å²) in [5.74, 6) is 0.835. The molecule has 0 saturated carbocycles. The molecule has 1 aliphatic rings. The number of nitrogens with zero attached hydrogens (tertiary/aromatic N) is 2. The van der Waals surface area contributed by atoms with Crippen molar-refractivity contribution < 1.29 is 4.79 Å². The lowest BCUT2D eigenvalue weighted by Gasteiger charge is -2.31. The maximum Gasteiger partial charge on any atom is 0.222 e. The van der Waals surface area contributed by atoms with Gasteiger partial charge in [0.05, 0.1) is 0 Å². The van der Waals surface area contributed by atoms with Crippen molar-refractivity contribution in [1.82, 2.24) is 20.4 Å². The zero-order valence-corrected chi connectivity index (χ0v) is 13.4. The van der Waals surface area contributed by atoms with Gasteiger partial charge in [0.25, 0.3) is 0 Å². The molecule has 5 nitrogen and oxygen atoms in total. The van der Waals surface area contributed by atoms with E-state index in [0.29, 0.717) is 18.2 Å². The number of halogens is 2. The molecule has 0 bridgehead atoms. The molecule has 7 heteroatoms. The second kappa shape index (κ2) is 10.0. The molecule has 116 valence electrons. The normalized spacial score (nSPS) is 15.3. The Hall–Kier alpha value is -0.780. The first-order valence-electron chi connectivity index (χ1n) is 6.73. The van der Waals surface area contributed by atoms with Gasteiger partial charge in [-0.15, -0.1) is 24.8 Å². The molecular formula is C13H24Cl2N4O. The van der Waals surface area contributed by atoms with Crippen molar-refractivity contribution in [2.45, 2.75) is 31.6 Å². The molecule has 1 amide bonds. The number of rotatable bonds is 5. The number of likely N-dealkylation sites (tertiary alicyclic amines) is 1. The van der Waals surface area contributed by atoms with Crippen LogP contribution in [0.4, 0.5) is 0 Å². The third kappa shape index (κ3) is 5.31. The van der Waals surface area contributed by atoms with Crippen LogP contribution in [0.2, 0.25) is 0 Å². The molecule has 0 aliphatic carbocycles. The van der Waals surface area contributed by atoms with E-state index in [-0.39, 0.29) is 24.8 Å². The van der Waals surface area contributed by atoms with Crippen molar-refractivity contribution in [1.29, 1.82) is 0 Å². The second-order valence-corrected chi connectivity index (χ2v) is 4.87. The van der Waals surface area contributed by atoms with E-state index >= 15 is 0 Å². The van der Waals surface area contributed by atoms with Crippen LogP contribution >= 0.6 is 24.8 Å². The van der Waals surface area contributed by atoms with E-state index in [0.717, 1.165) is 38.9 Å². The Labute approximate surface area is 132 Å². The molecule has 1 aromatic rings. The molecule has 1 aliphatic heterocycles. The first-order chi connectivity index (χ1) is 8.81. The summed E-state index contributed by atoms with van der Waals surface area (Å²) in [4.78, 5) is 13.9. The molecule has 2 rings (SSSR count). The molecule has 0 radical (unpaired) electrons. The fourth-order valence-electron chi connectivity index (χ4n) is 2.51. The highest BCUT2D eigenvalue weighted by molar-refractivity contribution is 5.85. The molecule has 2 N–H and O–H groups in total. The maximum atomic E-state index is 11.9. The number of hydrogen-bond donors (Lipinski definition) is 2. The van der Waals surface area contributed by atoms with Crippen LogP contribution in [0.1, 0.15) is 37.3 Å². The van der Waals surface area contributed by atoms with E-state index < -0.39 is 0 Å². The van der Waals surface area contributed by atoms with E-state index in [1.54, 1.807) is 6.20 Å². The number of aromatic amines is 1. The zero-order valence-electron chi connectivity index (χ0n) is 11.8. The zero-order chi connectivity index (χ0) is 12.8. The van der Waals surface area contributed by atoms with Gasteiger partial charge >= 0.3 is 0 Å². The number of nitrogens with one attached hydrogen (secondary N) is 2. The molecule has 1 fully saturated rings. The predicted molar refractivity (Wildman–Crippen MR) is 84.8 cm³/mol. The summed E-state index contributed by atoms with van der Waals surface area (Å²) in [7, 11) is 1.92. The fraction of sp³-hybridized carbons (Fsp3) is 0.692. The second-order valence-electron chi connectivity index (χ2n) is 4.87. The number of aromatic nitrogens is 2. The molecule has 0 aromatic carbocycles. The van der Waals surface area contributed by atoms with Crippen LogP contribution in [0, 0.1) is 0 Å². The van der Waals surface area contributed by atoms with Gasteiger partial charge in [-0.05, 0) is 38.9 Å². The largest absolute Gasteiger partial charge is 0.343 e. The third-order valence-corrected chi connectivity index (χ3v) is 3.63. The van der Waals surface area contributed by atoms with Crippen molar-refractivity contribution >= 4 is 30.7 Å². The standard InChI is InChI=1S/C13H22N4O.2ClH/c1-14-7-2-3-13(18)17-9-5-11(6-10-17)12-4-8-15-16-12;;/h4,8,11,14H,2-3,5-7,9-10H2,1H3,(H,15,16);2*1H. The molecule has 0 spiro atoms. The van der Waals surface area contributed by atoms with Crippen LogP contribution in [0.25, 0.3) is 0 Å². The van der Waals surface area contributed by atoms with E-state index in [1.807, 2.05) is 18.0 Å². The Morgan fingerprint density at radius 2 is 2.15 bits per heavy atom. The molecule has 0 atom stereocenters. The Balaban J connectivity index is 0.00000180. The number of piperidine rings is 1. The Bertz CT molecular complexity index is 364. The Morgan fingerprint density at radius 3 is 2.70 bits per heavy atom. The van der Waals surface area contributed by atoms with Gasteiger partial charge in [0, 0.05) is 37.3 Å². The van der Waals surface area contributed by atoms with Gasteiger partial charge in [-0.25, -0.2) is 0 Å². The van der Waals surface area contributed by atoms with Crippen LogP contribution in [0.5, 0.6) is 0 Å². The minimum atomic E-state index is 0. The highest BCUT2D eigenvalue weighted by Gasteiger charge is 2.23. The van der Waals surface area contributed by atoms with Crippen molar-refractivity contribution in [3.63, 3.8) is 0 Å². The molecule has 20 heavy (non-hydrogen) atoms. The van der Waals surface area contributed by atoms with Crippen LogP contribution in [-0.2, 0) is 4.79 Å². The lowest BCUT2D eigenvalue weighted by atomic mass is 9.93. The number of hydrogen-bond acceptors (Lipinski definition) is 3. The lowest BCUT2D eigenvalue weighted by Crippen LogP contribution is -2.38. The molecule has 2 heterocycles. The van der Waals surface area contributed by atoms with Crippen molar-refractivity contribution in [2.24, 2.45) is 0 Å². The van der Waals surface area contributed by atoms with Gasteiger partial charge in [0.2, 0.25) is 5.91 Å². The smallest absolute Gasteiger partial charge is 0.222 e. The minimum Gasteiger partial charge on any atom is -0.343 e. The quantitative estimate of drug-likeness (QED) is 0.815. The Kier molecular flexibility index (Phi) is 9.63. The van der Waals surface area contributed by atoms with E-state index in [9.17, 15) is 4.79 Å². The minimum absolute atomic E-state index is 0. The molecule has 0 unspecified atom stereocenters. The summed E-state index contributed by atoms with van der Waals surface area (Å²) in [6.45, 7) is 2.67. The molecule has 1 saturated heterocycles. The summed E-state index contributed by atoms with van der Waals surface area (Å²) in [6, 6.07) is 2.04. The van der Waals surface area contributed by atoms with Gasteiger partial charge in [0.15, 0.2) is 0 Å². The summed E-state index contributed by atoms with van der Waals surface area (Å²) in [6.07, 6.45) is 5.47. The Morgan fingerprint density at radius 1 is 1.45 bits per heavy atom. The molecular weight excluding hydrogens is 299 g/mol. The van der Waals surface area contributed by atoms with E-state index in [1.165, 1.54) is 5.69 Å². The number of amides is 1. The highest BCUT2D eigenvalue weighted by atomic mass is 35.5. The van der Waals surface area contributed by atoms with Crippen molar-refractivity contribution in [3.05, 3.63) is 18.0 Å². The maximum absolute atomic E-state index is 11.9. The van der Waals surface area contributed by atoms with Crippen molar-refractivity contribution in [2.75, 3.05) is 26.7 Å². The van der Waals surface area contributed by atoms with Crippen molar-refractivity contribution in [3.8, 4) is 0 Å². The summed E-state index contributed by atoms with van der Waals surface area (Å²) >= 11 is 0. The average Bonchev–Trinajstić information content (AvgIpc) is 2.93. The SMILES string of the molecule is CNCCCC(=O)N1CCC(c2ccn[nH]2)CC1.Cl.Cl. The summed E-state index contributed by atoms with van der Waals surface area (Å²) in [5, 5.41) is 10.1. The van der Waals surface area contributed by atoms with Crippen LogP contribution in [0.15, 0.2) is 12.3 Å². The number of H-pyrrole nitrogens is 1. The highest BCUT2D eigenvalue weighted by Crippen LogP contribution is 2.26. The van der Waals surface area contributed by atoms with Gasteiger partial charge < -0.3 is 10.2 Å². The first kappa shape index (κ1) is 19.2. The van der Waals surface area contributed by atoms with E-state index in [2.05, 4.69) is 15.5 Å². The lowest BCUT2D eigenvalue weighted by molar-refractivity contribution is -0.132. The first-order valence-corrected chi connectivity index (χ1v) is 6.73. The van der Waals surface area contributed by atoms with Gasteiger partial charge in [-0.2, -0.15) is 5.10 Å². The predicted octanol–water partition coefficient (Wildman–Crippen LogP) is 1.96. The van der Waals surface area contributed by atoms with Crippen LogP contribution < -0.4 is 5.32 Å². The third-order valence-electron chi connectivity index (χ3n) is 3.63. The molecule has 1 aromatic heterocycles. The van der Waals surface area contributed by atoms with Crippen LogP contribution in [0.3, 0.4) is 0 Å². The number of carbonyl (C=O) groups is 1. The van der Waals surface area contributed by atoms with Gasteiger partial charge in [0.1, 0.15) is 0 Å². The van der Waals surface area contributed by atoms with Gasteiger partial charge in [-0.3, -0.25) is 9.89 Å². The number of carbonyl (C=O) groups excluding carboxylic acids is 1.